The van der Waals surface area contributed by atoms with Gasteiger partial charge in [0, 0.05) is 25.6 Å². The van der Waals surface area contributed by atoms with Crippen LogP contribution in [0, 0.1) is 0 Å². The van der Waals surface area contributed by atoms with Gasteiger partial charge < -0.3 is 14.6 Å². The van der Waals surface area contributed by atoms with Gasteiger partial charge in [0.2, 0.25) is 5.91 Å². The fourth-order valence-corrected chi connectivity index (χ4v) is 2.76. The number of likely N-dealkylation sites (tertiary alicyclic amines) is 1. The molecule has 0 bridgehead atoms. The van der Waals surface area contributed by atoms with Crippen molar-refractivity contribution in [1.29, 1.82) is 0 Å². The van der Waals surface area contributed by atoms with Crippen molar-refractivity contribution < 1.29 is 14.0 Å². The molecule has 1 fully saturated rings. The maximum absolute atomic E-state index is 12.2. The average Bonchev–Trinajstić information content (AvgIpc) is 2.92. The summed E-state index contributed by atoms with van der Waals surface area (Å²) in [5.74, 6) is 0.389. The Morgan fingerprint density at radius 2 is 2.10 bits per heavy atom. The number of hydrogen-bond acceptors (Lipinski definition) is 3. The lowest BCUT2D eigenvalue weighted by Crippen LogP contribution is -2.46. The molecule has 6 heteroatoms. The van der Waals surface area contributed by atoms with Gasteiger partial charge in [-0.15, -0.1) is 0 Å². The van der Waals surface area contributed by atoms with Crippen molar-refractivity contribution in [3.8, 4) is 0 Å². The molecule has 1 aromatic heterocycles. The zero-order valence-electron chi connectivity index (χ0n) is 12.2. The van der Waals surface area contributed by atoms with E-state index in [4.69, 9.17) is 4.42 Å². The van der Waals surface area contributed by atoms with E-state index in [0.717, 1.165) is 25.7 Å². The third-order valence-corrected chi connectivity index (χ3v) is 4.11. The molecule has 1 aliphatic heterocycles. The lowest BCUT2D eigenvalue weighted by molar-refractivity contribution is -0.122. The van der Waals surface area contributed by atoms with Gasteiger partial charge in [-0.1, -0.05) is 13.3 Å². The summed E-state index contributed by atoms with van der Waals surface area (Å²) in [4.78, 5) is 25.7. The third kappa shape index (κ3) is 4.59. The normalized spacial score (nSPS) is 16.0. The van der Waals surface area contributed by atoms with Gasteiger partial charge in [-0.05, 0) is 47.3 Å². The molecule has 0 radical (unpaired) electrons. The van der Waals surface area contributed by atoms with Crippen molar-refractivity contribution in [1.82, 2.24) is 10.2 Å². The number of carbonyl (C=O) groups excluding carboxylic acids is 2. The van der Waals surface area contributed by atoms with E-state index in [0.29, 0.717) is 29.9 Å². The number of carbonyl (C=O) groups is 2. The van der Waals surface area contributed by atoms with Crippen LogP contribution in [0.25, 0.3) is 0 Å². The van der Waals surface area contributed by atoms with Crippen LogP contribution in [-0.2, 0) is 4.79 Å². The van der Waals surface area contributed by atoms with Crippen LogP contribution in [0.5, 0.6) is 0 Å². The topological polar surface area (TPSA) is 62.6 Å². The second-order valence-corrected chi connectivity index (χ2v) is 6.12. The molecule has 116 valence electrons. The second-order valence-electron chi connectivity index (χ2n) is 5.34. The molecule has 0 atom stereocenters. The first-order valence-corrected chi connectivity index (χ1v) is 8.23. The van der Waals surface area contributed by atoms with Crippen LogP contribution < -0.4 is 5.32 Å². The highest BCUT2D eigenvalue weighted by molar-refractivity contribution is 9.10. The van der Waals surface area contributed by atoms with Gasteiger partial charge >= 0.3 is 0 Å². The summed E-state index contributed by atoms with van der Waals surface area (Å²) in [7, 11) is 0. The van der Waals surface area contributed by atoms with Crippen LogP contribution in [0.4, 0.5) is 0 Å². The smallest absolute Gasteiger partial charge is 0.289 e. The molecule has 2 heterocycles. The van der Waals surface area contributed by atoms with E-state index < -0.39 is 0 Å². The average molecular weight is 357 g/mol. The van der Waals surface area contributed by atoms with Crippen molar-refractivity contribution in [3.05, 3.63) is 22.6 Å². The van der Waals surface area contributed by atoms with Gasteiger partial charge in [-0.2, -0.15) is 0 Å². The van der Waals surface area contributed by atoms with Crippen LogP contribution >= 0.6 is 15.9 Å². The maximum atomic E-state index is 12.2. The number of hydrogen-bond donors (Lipinski definition) is 1. The number of nitrogens with zero attached hydrogens (tertiary/aromatic N) is 1. The molecule has 1 N–H and O–H groups in total. The van der Waals surface area contributed by atoms with Crippen molar-refractivity contribution in [3.63, 3.8) is 0 Å². The van der Waals surface area contributed by atoms with Gasteiger partial charge in [0.05, 0.1) is 0 Å². The Morgan fingerprint density at radius 1 is 1.38 bits per heavy atom. The largest absolute Gasteiger partial charge is 0.444 e. The van der Waals surface area contributed by atoms with E-state index in [1.54, 1.807) is 17.0 Å². The minimum absolute atomic E-state index is 0.0866. The molecule has 0 unspecified atom stereocenters. The molecule has 0 saturated carbocycles. The summed E-state index contributed by atoms with van der Waals surface area (Å²) >= 11 is 3.20. The monoisotopic (exact) mass is 356 g/mol. The SMILES string of the molecule is CCCCC(=O)NC1CCN(C(=O)c2ccc(Br)o2)CC1. The van der Waals surface area contributed by atoms with Crippen molar-refractivity contribution in [2.45, 2.75) is 45.1 Å². The van der Waals surface area contributed by atoms with Crippen LogP contribution in [0.15, 0.2) is 21.2 Å². The summed E-state index contributed by atoms with van der Waals surface area (Å²) in [6.45, 7) is 3.37. The molecule has 5 nitrogen and oxygen atoms in total. The number of unbranched alkanes of at least 4 members (excludes halogenated alkanes) is 1. The van der Waals surface area contributed by atoms with Crippen molar-refractivity contribution in [2.24, 2.45) is 0 Å². The first-order valence-electron chi connectivity index (χ1n) is 7.44. The quantitative estimate of drug-likeness (QED) is 0.881. The highest BCUT2D eigenvalue weighted by atomic mass is 79.9. The lowest BCUT2D eigenvalue weighted by Gasteiger charge is -2.31. The van der Waals surface area contributed by atoms with E-state index >= 15 is 0 Å². The number of rotatable bonds is 5. The Bertz CT molecular complexity index is 493. The van der Waals surface area contributed by atoms with E-state index in [-0.39, 0.29) is 17.9 Å². The summed E-state index contributed by atoms with van der Waals surface area (Å²) in [6.07, 6.45) is 4.14. The highest BCUT2D eigenvalue weighted by Gasteiger charge is 2.25. The van der Waals surface area contributed by atoms with Crippen molar-refractivity contribution in [2.75, 3.05) is 13.1 Å². The zero-order valence-corrected chi connectivity index (χ0v) is 13.8. The fourth-order valence-electron chi connectivity index (χ4n) is 2.45. The van der Waals surface area contributed by atoms with Gasteiger partial charge in [-0.3, -0.25) is 9.59 Å². The molecular weight excluding hydrogens is 336 g/mol. The number of amides is 2. The molecule has 1 aliphatic rings. The van der Waals surface area contributed by atoms with Gasteiger partial charge in [-0.25, -0.2) is 0 Å². The lowest BCUT2D eigenvalue weighted by atomic mass is 10.0. The Balaban J connectivity index is 1.78. The Kier molecular flexibility index (Phi) is 5.85. The first-order chi connectivity index (χ1) is 10.1. The molecule has 1 aromatic rings. The molecule has 0 spiro atoms. The summed E-state index contributed by atoms with van der Waals surface area (Å²) in [5.41, 5.74) is 0. The van der Waals surface area contributed by atoms with Crippen molar-refractivity contribution >= 4 is 27.7 Å². The van der Waals surface area contributed by atoms with Gasteiger partial charge in [0.1, 0.15) is 0 Å². The molecule has 0 aliphatic carbocycles. The Morgan fingerprint density at radius 3 is 2.67 bits per heavy atom. The molecule has 21 heavy (non-hydrogen) atoms. The number of nitrogens with one attached hydrogen (secondary N) is 1. The molecule has 2 amide bonds. The number of furan rings is 1. The van der Waals surface area contributed by atoms with Gasteiger partial charge in [0.25, 0.3) is 5.91 Å². The van der Waals surface area contributed by atoms with E-state index in [9.17, 15) is 9.59 Å². The standard InChI is InChI=1S/C15H21BrN2O3/c1-2-3-4-14(19)17-11-7-9-18(10-8-11)15(20)12-5-6-13(16)21-12/h5-6,11H,2-4,7-10H2,1H3,(H,17,19). The Labute approximate surface area is 133 Å². The van der Waals surface area contributed by atoms with E-state index in [1.807, 2.05) is 0 Å². The van der Waals surface area contributed by atoms with Crippen LogP contribution in [0.1, 0.15) is 49.6 Å². The summed E-state index contributed by atoms with van der Waals surface area (Å²) < 4.78 is 5.85. The summed E-state index contributed by atoms with van der Waals surface area (Å²) in [5, 5.41) is 3.05. The zero-order chi connectivity index (χ0) is 15.2. The minimum Gasteiger partial charge on any atom is -0.444 e. The van der Waals surface area contributed by atoms with Crippen LogP contribution in [0.2, 0.25) is 0 Å². The number of piperidine rings is 1. The predicted octanol–water partition coefficient (Wildman–Crippen LogP) is 2.95. The molecular formula is C15H21BrN2O3. The van der Waals surface area contributed by atoms with Crippen LogP contribution in [0.3, 0.4) is 0 Å². The minimum atomic E-state index is -0.0866. The predicted molar refractivity (Wildman–Crippen MR) is 83.0 cm³/mol. The molecule has 0 aromatic carbocycles. The van der Waals surface area contributed by atoms with Gasteiger partial charge in [0.15, 0.2) is 10.4 Å². The highest BCUT2D eigenvalue weighted by Crippen LogP contribution is 2.18. The maximum Gasteiger partial charge on any atom is 0.289 e. The first kappa shape index (κ1) is 16.1. The van der Waals surface area contributed by atoms with E-state index in [2.05, 4.69) is 28.2 Å². The van der Waals surface area contributed by atoms with Crippen LogP contribution in [-0.4, -0.2) is 35.8 Å². The third-order valence-electron chi connectivity index (χ3n) is 3.69. The Hall–Kier alpha value is -1.30. The summed E-state index contributed by atoms with van der Waals surface area (Å²) in [6, 6.07) is 3.57. The van der Waals surface area contributed by atoms with E-state index in [1.165, 1.54) is 0 Å². The second kappa shape index (κ2) is 7.64. The molecule has 2 rings (SSSR count). The molecule has 1 saturated heterocycles. The fraction of sp³-hybridized carbons (Fsp3) is 0.600. The number of halogens is 1.